The molecule has 1 amide bonds. The number of nitrogens with zero attached hydrogens (tertiary/aromatic N) is 1. The van der Waals surface area contributed by atoms with Gasteiger partial charge in [0.1, 0.15) is 5.60 Å². The summed E-state index contributed by atoms with van der Waals surface area (Å²) in [5.74, 6) is -2.56. The quantitative estimate of drug-likeness (QED) is 0.844. The third kappa shape index (κ3) is 2.60. The Balaban J connectivity index is 1.74. The van der Waals surface area contributed by atoms with E-state index in [1.165, 1.54) is 4.90 Å². The number of ether oxygens (including phenoxy) is 1. The highest BCUT2D eigenvalue weighted by atomic mass is 19.2. The Labute approximate surface area is 126 Å². The smallest absolute Gasteiger partial charge is 0.255 e. The number of hydrogen-bond donors (Lipinski definition) is 2. The van der Waals surface area contributed by atoms with Crippen LogP contribution >= 0.6 is 0 Å². The highest BCUT2D eigenvalue weighted by Crippen LogP contribution is 2.30. The Morgan fingerprint density at radius 1 is 1.18 bits per heavy atom. The van der Waals surface area contributed by atoms with Gasteiger partial charge in [-0.05, 0) is 23.3 Å². The van der Waals surface area contributed by atoms with Gasteiger partial charge in [0.25, 0.3) is 5.91 Å². The molecule has 0 aliphatic carbocycles. The minimum atomic E-state index is -1.57. The molecule has 120 valence electrons. The van der Waals surface area contributed by atoms with Crippen molar-refractivity contribution in [3.63, 3.8) is 0 Å². The first-order valence-electron chi connectivity index (χ1n) is 7.14. The van der Waals surface area contributed by atoms with E-state index in [1.807, 2.05) is 0 Å². The summed E-state index contributed by atoms with van der Waals surface area (Å²) in [7, 11) is 0. The van der Waals surface area contributed by atoms with Gasteiger partial charge < -0.3 is 19.8 Å². The van der Waals surface area contributed by atoms with Gasteiger partial charge in [-0.15, -0.1) is 0 Å². The molecule has 1 atom stereocenters. The molecule has 0 bridgehead atoms. The maximum Gasteiger partial charge on any atom is 0.255 e. The minimum absolute atomic E-state index is 0.0923. The van der Waals surface area contributed by atoms with Gasteiger partial charge in [0.2, 0.25) is 0 Å². The molecule has 0 saturated carbocycles. The average Bonchev–Trinajstić information content (AvgIpc) is 2.89. The first kappa shape index (κ1) is 15.3. The zero-order valence-electron chi connectivity index (χ0n) is 11.9. The first-order valence-corrected chi connectivity index (χ1v) is 7.14. The highest BCUT2D eigenvalue weighted by Gasteiger charge is 2.44. The molecule has 0 aromatic heterocycles. The molecule has 1 aromatic rings. The summed E-state index contributed by atoms with van der Waals surface area (Å²) in [4.78, 5) is 13.7. The van der Waals surface area contributed by atoms with Gasteiger partial charge in [-0.2, -0.15) is 0 Å². The van der Waals surface area contributed by atoms with Gasteiger partial charge in [0.05, 0.1) is 0 Å². The number of fused-ring (bicyclic) bond motifs is 1. The predicted octanol–water partition coefficient (Wildman–Crippen LogP) is 0.709. The molecule has 2 aliphatic heterocycles. The Bertz CT molecular complexity index is 570. The van der Waals surface area contributed by atoms with E-state index < -0.39 is 29.2 Å². The second-order valence-corrected chi connectivity index (χ2v) is 5.85. The lowest BCUT2D eigenvalue weighted by atomic mass is 9.87. The van der Waals surface area contributed by atoms with Crippen LogP contribution < -0.4 is 0 Å². The summed E-state index contributed by atoms with van der Waals surface area (Å²) >= 11 is 0. The maximum atomic E-state index is 13.2. The zero-order valence-corrected chi connectivity index (χ0v) is 11.9. The van der Waals surface area contributed by atoms with Crippen molar-refractivity contribution in [2.75, 3.05) is 13.2 Å². The van der Waals surface area contributed by atoms with Crippen LogP contribution in [0.25, 0.3) is 0 Å². The van der Waals surface area contributed by atoms with E-state index in [9.17, 15) is 23.8 Å². The molecule has 0 radical (unpaired) electrons. The number of aliphatic hydroxyl groups excluding tert-OH is 1. The van der Waals surface area contributed by atoms with Gasteiger partial charge in [-0.3, -0.25) is 4.79 Å². The SMILES string of the molecule is O=C(C(O)C1(O)CCOCC1)N1Cc2cc(F)c(F)cc2C1. The van der Waals surface area contributed by atoms with Gasteiger partial charge in [-0.25, -0.2) is 8.78 Å². The third-order valence-electron chi connectivity index (χ3n) is 4.38. The molecule has 5 nitrogen and oxygen atoms in total. The van der Waals surface area contributed by atoms with E-state index >= 15 is 0 Å². The fourth-order valence-corrected chi connectivity index (χ4v) is 2.95. The lowest BCUT2D eigenvalue weighted by molar-refractivity contribution is -0.169. The van der Waals surface area contributed by atoms with E-state index in [1.54, 1.807) is 0 Å². The Morgan fingerprint density at radius 3 is 2.18 bits per heavy atom. The molecule has 2 heterocycles. The molecule has 3 rings (SSSR count). The van der Waals surface area contributed by atoms with E-state index in [0.717, 1.165) is 12.1 Å². The standard InChI is InChI=1S/C15H17F2NO4/c16-11-5-9-7-18(8-10(9)6-12(11)17)14(20)13(19)15(21)1-3-22-4-2-15/h5-6,13,19,21H,1-4,7-8H2. The van der Waals surface area contributed by atoms with Crippen molar-refractivity contribution in [3.8, 4) is 0 Å². The Hall–Kier alpha value is -1.57. The molecule has 2 N–H and O–H groups in total. The zero-order chi connectivity index (χ0) is 15.9. The van der Waals surface area contributed by atoms with Crippen LogP contribution in [0.5, 0.6) is 0 Å². The Morgan fingerprint density at radius 2 is 1.68 bits per heavy atom. The fourth-order valence-electron chi connectivity index (χ4n) is 2.95. The Kier molecular flexibility index (Phi) is 3.88. The van der Waals surface area contributed by atoms with Gasteiger partial charge in [0.15, 0.2) is 17.7 Å². The molecule has 0 spiro atoms. The van der Waals surface area contributed by atoms with Crippen LogP contribution in [0.1, 0.15) is 24.0 Å². The van der Waals surface area contributed by atoms with Crippen LogP contribution in [0.4, 0.5) is 8.78 Å². The number of hydrogen-bond acceptors (Lipinski definition) is 4. The van der Waals surface area contributed by atoms with E-state index in [-0.39, 0.29) is 39.1 Å². The summed E-state index contributed by atoms with van der Waals surface area (Å²) in [5.41, 5.74) is -0.488. The van der Waals surface area contributed by atoms with Gasteiger partial charge in [-0.1, -0.05) is 0 Å². The summed E-state index contributed by atoms with van der Waals surface area (Å²) in [6, 6.07) is 2.13. The molecule has 1 unspecified atom stereocenters. The average molecular weight is 313 g/mol. The molecule has 1 fully saturated rings. The number of carbonyl (C=O) groups excluding carboxylic acids is 1. The van der Waals surface area contributed by atoms with Crippen molar-refractivity contribution >= 4 is 5.91 Å². The third-order valence-corrected chi connectivity index (χ3v) is 4.38. The topological polar surface area (TPSA) is 70.0 Å². The largest absolute Gasteiger partial charge is 0.386 e. The molecule has 22 heavy (non-hydrogen) atoms. The second kappa shape index (κ2) is 5.57. The van der Waals surface area contributed by atoms with Gasteiger partial charge in [0, 0.05) is 39.1 Å². The van der Waals surface area contributed by atoms with Crippen LogP contribution in [0, 0.1) is 11.6 Å². The van der Waals surface area contributed by atoms with E-state index in [0.29, 0.717) is 11.1 Å². The fraction of sp³-hybridized carbons (Fsp3) is 0.533. The molecule has 1 aromatic carbocycles. The normalized spacial score (nSPS) is 21.5. The predicted molar refractivity (Wildman–Crippen MR) is 71.6 cm³/mol. The number of carbonyl (C=O) groups is 1. The molecule has 1 saturated heterocycles. The maximum absolute atomic E-state index is 13.2. The first-order chi connectivity index (χ1) is 10.4. The van der Waals surface area contributed by atoms with E-state index in [4.69, 9.17) is 4.74 Å². The van der Waals surface area contributed by atoms with Crippen LogP contribution in [0.2, 0.25) is 0 Å². The minimum Gasteiger partial charge on any atom is -0.386 e. The van der Waals surface area contributed by atoms with Crippen molar-refractivity contribution in [1.82, 2.24) is 4.90 Å². The molecular formula is C15H17F2NO4. The number of halogens is 2. The monoisotopic (exact) mass is 313 g/mol. The van der Waals surface area contributed by atoms with E-state index in [2.05, 4.69) is 0 Å². The van der Waals surface area contributed by atoms with Crippen LogP contribution in [0.15, 0.2) is 12.1 Å². The van der Waals surface area contributed by atoms with Crippen LogP contribution in [-0.4, -0.2) is 45.9 Å². The lowest BCUT2D eigenvalue weighted by Gasteiger charge is -2.36. The number of rotatable bonds is 2. The number of amides is 1. The highest BCUT2D eigenvalue weighted by molar-refractivity contribution is 5.82. The van der Waals surface area contributed by atoms with Gasteiger partial charge >= 0.3 is 0 Å². The summed E-state index contributed by atoms with van der Waals surface area (Å²) in [5, 5.41) is 20.6. The molecule has 7 heteroatoms. The summed E-state index contributed by atoms with van der Waals surface area (Å²) < 4.78 is 31.6. The van der Waals surface area contributed by atoms with Crippen molar-refractivity contribution in [2.24, 2.45) is 0 Å². The number of benzene rings is 1. The van der Waals surface area contributed by atoms with Crippen LogP contribution in [-0.2, 0) is 22.6 Å². The summed E-state index contributed by atoms with van der Waals surface area (Å²) in [6.45, 7) is 0.735. The lowest BCUT2D eigenvalue weighted by Crippen LogP contribution is -2.54. The van der Waals surface area contributed by atoms with Crippen molar-refractivity contribution < 1.29 is 28.5 Å². The molecular weight excluding hydrogens is 296 g/mol. The van der Waals surface area contributed by atoms with Crippen molar-refractivity contribution in [3.05, 3.63) is 34.9 Å². The second-order valence-electron chi connectivity index (χ2n) is 5.85. The van der Waals surface area contributed by atoms with Crippen molar-refractivity contribution in [2.45, 2.75) is 37.6 Å². The summed E-state index contributed by atoms with van der Waals surface area (Å²) in [6.07, 6.45) is -1.23. The molecule has 2 aliphatic rings. The van der Waals surface area contributed by atoms with Crippen molar-refractivity contribution in [1.29, 1.82) is 0 Å². The number of aliphatic hydroxyl groups is 2. The van der Waals surface area contributed by atoms with Crippen LogP contribution in [0.3, 0.4) is 0 Å².